The Morgan fingerprint density at radius 2 is 1.89 bits per heavy atom. The second-order valence-electron chi connectivity index (χ2n) is 9.48. The molecule has 182 valence electrons. The SMILES string of the molecule is CCCCCc1cn(C2CCCCC2)c(=O)n1Cc1ccc(-c2ncccc2-c2nn[nH]n2)cc1. The highest BCUT2D eigenvalue weighted by molar-refractivity contribution is 5.76. The Balaban J connectivity index is 1.41. The number of aromatic nitrogens is 7. The van der Waals surface area contributed by atoms with Crippen molar-refractivity contribution in [2.24, 2.45) is 0 Å². The maximum atomic E-state index is 13.5. The largest absolute Gasteiger partial charge is 0.328 e. The number of nitrogens with one attached hydrogen (secondary N) is 1. The number of nitrogens with zero attached hydrogens (tertiary/aromatic N) is 6. The number of pyridine rings is 1. The topological polar surface area (TPSA) is 94.3 Å². The minimum Gasteiger partial charge on any atom is -0.296 e. The molecule has 3 heterocycles. The van der Waals surface area contributed by atoms with Crippen molar-refractivity contribution < 1.29 is 0 Å². The van der Waals surface area contributed by atoms with Crippen molar-refractivity contribution >= 4 is 0 Å². The average Bonchev–Trinajstić information content (AvgIpc) is 3.55. The molecular formula is C27H33N7O. The molecule has 0 atom stereocenters. The van der Waals surface area contributed by atoms with E-state index in [9.17, 15) is 4.79 Å². The highest BCUT2D eigenvalue weighted by atomic mass is 16.1. The molecule has 0 unspecified atom stereocenters. The third-order valence-corrected chi connectivity index (χ3v) is 7.05. The van der Waals surface area contributed by atoms with E-state index in [1.807, 2.05) is 21.3 Å². The number of benzene rings is 1. The van der Waals surface area contributed by atoms with E-state index in [0.717, 1.165) is 53.8 Å². The van der Waals surface area contributed by atoms with Crippen LogP contribution in [0.4, 0.5) is 0 Å². The summed E-state index contributed by atoms with van der Waals surface area (Å²) in [5, 5.41) is 14.4. The number of hydrogen-bond donors (Lipinski definition) is 1. The van der Waals surface area contributed by atoms with Crippen molar-refractivity contribution in [1.82, 2.24) is 34.7 Å². The molecule has 0 amide bonds. The fraction of sp³-hybridized carbons (Fsp3) is 0.444. The Morgan fingerprint density at radius 1 is 1.06 bits per heavy atom. The molecule has 8 nitrogen and oxygen atoms in total. The van der Waals surface area contributed by atoms with Gasteiger partial charge < -0.3 is 0 Å². The van der Waals surface area contributed by atoms with Crippen LogP contribution in [0.3, 0.4) is 0 Å². The zero-order valence-corrected chi connectivity index (χ0v) is 20.4. The molecule has 1 saturated carbocycles. The van der Waals surface area contributed by atoms with Crippen molar-refractivity contribution in [2.45, 2.75) is 77.3 Å². The zero-order chi connectivity index (χ0) is 24.0. The van der Waals surface area contributed by atoms with Crippen LogP contribution in [-0.2, 0) is 13.0 Å². The minimum atomic E-state index is 0.136. The Hall–Kier alpha value is -3.55. The smallest absolute Gasteiger partial charge is 0.296 e. The van der Waals surface area contributed by atoms with Crippen LogP contribution in [0.5, 0.6) is 0 Å². The summed E-state index contributed by atoms with van der Waals surface area (Å²) in [6, 6.07) is 12.4. The van der Waals surface area contributed by atoms with E-state index in [2.05, 4.69) is 63.0 Å². The lowest BCUT2D eigenvalue weighted by atomic mass is 9.95. The molecule has 0 bridgehead atoms. The van der Waals surface area contributed by atoms with Crippen LogP contribution in [0.25, 0.3) is 22.6 Å². The van der Waals surface area contributed by atoms with E-state index < -0.39 is 0 Å². The summed E-state index contributed by atoms with van der Waals surface area (Å²) in [7, 11) is 0. The number of aryl methyl sites for hydroxylation is 1. The van der Waals surface area contributed by atoms with Gasteiger partial charge in [0.15, 0.2) is 0 Å². The Morgan fingerprint density at radius 3 is 2.63 bits per heavy atom. The van der Waals surface area contributed by atoms with Crippen LogP contribution in [-0.4, -0.2) is 34.7 Å². The second-order valence-corrected chi connectivity index (χ2v) is 9.48. The van der Waals surface area contributed by atoms with Gasteiger partial charge in [0, 0.05) is 35.3 Å². The molecule has 1 aliphatic rings. The first kappa shape index (κ1) is 23.2. The van der Waals surface area contributed by atoms with Gasteiger partial charge in [0.05, 0.1) is 12.2 Å². The fourth-order valence-electron chi connectivity index (χ4n) is 5.14. The maximum absolute atomic E-state index is 13.5. The quantitative estimate of drug-likeness (QED) is 0.340. The first-order chi connectivity index (χ1) is 17.2. The fourth-order valence-corrected chi connectivity index (χ4v) is 5.14. The first-order valence-electron chi connectivity index (χ1n) is 12.8. The summed E-state index contributed by atoms with van der Waals surface area (Å²) in [5.41, 5.74) is 5.00. The summed E-state index contributed by atoms with van der Waals surface area (Å²) < 4.78 is 4.02. The van der Waals surface area contributed by atoms with Gasteiger partial charge in [-0.15, -0.1) is 10.2 Å². The van der Waals surface area contributed by atoms with Crippen molar-refractivity contribution in [3.8, 4) is 22.6 Å². The predicted octanol–water partition coefficient (Wildman–Crippen LogP) is 5.18. The third-order valence-electron chi connectivity index (χ3n) is 7.05. The van der Waals surface area contributed by atoms with Gasteiger partial charge in [-0.1, -0.05) is 63.3 Å². The van der Waals surface area contributed by atoms with Gasteiger partial charge in [0.1, 0.15) is 0 Å². The van der Waals surface area contributed by atoms with E-state index >= 15 is 0 Å². The van der Waals surface area contributed by atoms with Crippen molar-refractivity contribution in [3.05, 3.63) is 70.5 Å². The molecule has 8 heteroatoms. The molecule has 3 aromatic heterocycles. The van der Waals surface area contributed by atoms with Crippen molar-refractivity contribution in [1.29, 1.82) is 0 Å². The van der Waals surface area contributed by atoms with Crippen LogP contribution in [0, 0.1) is 0 Å². The average molecular weight is 472 g/mol. The van der Waals surface area contributed by atoms with Gasteiger partial charge in [0.2, 0.25) is 5.82 Å². The summed E-state index contributed by atoms with van der Waals surface area (Å²) in [6.07, 6.45) is 14.3. The van der Waals surface area contributed by atoms with Gasteiger partial charge >= 0.3 is 5.69 Å². The zero-order valence-electron chi connectivity index (χ0n) is 20.4. The van der Waals surface area contributed by atoms with Crippen LogP contribution < -0.4 is 5.69 Å². The lowest BCUT2D eigenvalue weighted by molar-refractivity contribution is 0.344. The van der Waals surface area contributed by atoms with E-state index in [0.29, 0.717) is 18.4 Å². The van der Waals surface area contributed by atoms with Gasteiger partial charge in [-0.2, -0.15) is 5.21 Å². The van der Waals surface area contributed by atoms with Gasteiger partial charge in [-0.25, -0.2) is 4.79 Å². The second kappa shape index (κ2) is 10.8. The molecule has 0 radical (unpaired) electrons. The standard InChI is InChI=1S/C27H33N7O/c1-2-3-5-11-23-19-34(22-9-6-4-7-10-22)27(35)33(23)18-20-13-15-21(16-14-20)25-24(12-8-17-28-25)26-29-31-32-30-26/h8,12-17,19,22H,2-7,9-11,18H2,1H3,(H,29,30,31,32). The molecule has 0 spiro atoms. The lowest BCUT2D eigenvalue weighted by Gasteiger charge is -2.22. The molecule has 5 rings (SSSR count). The Kier molecular flexibility index (Phi) is 7.16. The third kappa shape index (κ3) is 5.11. The number of aromatic amines is 1. The van der Waals surface area contributed by atoms with E-state index in [1.54, 1.807) is 6.20 Å². The Labute approximate surface area is 205 Å². The van der Waals surface area contributed by atoms with E-state index in [-0.39, 0.29) is 5.69 Å². The van der Waals surface area contributed by atoms with E-state index in [1.165, 1.54) is 32.1 Å². The number of tetrazole rings is 1. The molecule has 35 heavy (non-hydrogen) atoms. The maximum Gasteiger partial charge on any atom is 0.328 e. The van der Waals surface area contributed by atoms with Crippen LogP contribution in [0.15, 0.2) is 53.6 Å². The van der Waals surface area contributed by atoms with Crippen molar-refractivity contribution in [2.75, 3.05) is 0 Å². The molecule has 0 saturated heterocycles. The number of H-pyrrole nitrogens is 1. The molecule has 1 fully saturated rings. The highest BCUT2D eigenvalue weighted by Crippen LogP contribution is 2.29. The Bertz CT molecular complexity index is 1280. The van der Waals surface area contributed by atoms with Crippen LogP contribution in [0.1, 0.15) is 75.6 Å². The lowest BCUT2D eigenvalue weighted by Crippen LogP contribution is -2.29. The normalized spacial score (nSPS) is 14.4. The monoisotopic (exact) mass is 471 g/mol. The number of unbranched alkanes of at least 4 members (excludes halogenated alkanes) is 2. The number of hydrogen-bond acceptors (Lipinski definition) is 5. The summed E-state index contributed by atoms with van der Waals surface area (Å²) >= 11 is 0. The molecule has 4 aromatic rings. The molecule has 0 aliphatic heterocycles. The molecule has 1 aliphatic carbocycles. The van der Waals surface area contributed by atoms with Gasteiger partial charge in [0.25, 0.3) is 0 Å². The summed E-state index contributed by atoms with van der Waals surface area (Å²) in [6.45, 7) is 2.80. The molecular weight excluding hydrogens is 438 g/mol. The molecule has 1 N–H and O–H groups in total. The summed E-state index contributed by atoms with van der Waals surface area (Å²) in [5.74, 6) is 0.518. The predicted molar refractivity (Wildman–Crippen MR) is 136 cm³/mol. The minimum absolute atomic E-state index is 0.136. The van der Waals surface area contributed by atoms with Gasteiger partial charge in [-0.05, 0) is 48.6 Å². The highest BCUT2D eigenvalue weighted by Gasteiger charge is 2.21. The van der Waals surface area contributed by atoms with Crippen LogP contribution in [0.2, 0.25) is 0 Å². The first-order valence-corrected chi connectivity index (χ1v) is 12.8. The van der Waals surface area contributed by atoms with Gasteiger partial charge in [-0.3, -0.25) is 14.1 Å². The molecule has 1 aromatic carbocycles. The van der Waals surface area contributed by atoms with Crippen LogP contribution >= 0.6 is 0 Å². The number of imidazole rings is 1. The summed E-state index contributed by atoms with van der Waals surface area (Å²) in [4.78, 5) is 18.0. The van der Waals surface area contributed by atoms with E-state index in [4.69, 9.17) is 0 Å². The van der Waals surface area contributed by atoms with Crippen molar-refractivity contribution in [3.63, 3.8) is 0 Å². The number of rotatable bonds is 9.